The van der Waals surface area contributed by atoms with Crippen molar-refractivity contribution in [3.05, 3.63) is 76.1 Å². The number of nitrogens with zero attached hydrogens (tertiary/aromatic N) is 1. The number of thiophene rings is 1. The number of ether oxygens (including phenoxy) is 2. The zero-order valence-corrected chi connectivity index (χ0v) is 23.0. The first kappa shape index (κ1) is 27.2. The third kappa shape index (κ3) is 6.35. The van der Waals surface area contributed by atoms with Crippen LogP contribution in [0.5, 0.6) is 11.5 Å². The van der Waals surface area contributed by atoms with Crippen molar-refractivity contribution in [2.75, 3.05) is 33.1 Å². The van der Waals surface area contributed by atoms with Crippen LogP contribution >= 0.6 is 11.3 Å². The molecule has 0 saturated carbocycles. The summed E-state index contributed by atoms with van der Waals surface area (Å²) in [7, 11) is 4.92. The summed E-state index contributed by atoms with van der Waals surface area (Å²) in [6, 6.07) is 16.8. The lowest BCUT2D eigenvalue weighted by atomic mass is 9.96. The van der Waals surface area contributed by atoms with E-state index in [0.717, 1.165) is 34.3 Å². The molecule has 200 valence electrons. The number of methoxy groups -OCH3 is 2. The predicted molar refractivity (Wildman–Crippen MR) is 152 cm³/mol. The van der Waals surface area contributed by atoms with Crippen LogP contribution in [0.25, 0.3) is 10.9 Å². The Morgan fingerprint density at radius 2 is 1.87 bits per heavy atom. The first-order chi connectivity index (χ1) is 18.2. The van der Waals surface area contributed by atoms with Crippen LogP contribution in [0.2, 0.25) is 0 Å². The number of benzene rings is 2. The molecule has 1 atom stereocenters. The molecule has 0 bridgehead atoms. The van der Waals surface area contributed by atoms with E-state index in [4.69, 9.17) is 15.2 Å². The SMILES string of the molecule is COc1ccc(NC(=O)c2ccc3[nH]c(CCCN(C)C(=O)C(C)(N)Cc4cccs4)cc3c2)cc1OC. The topological polar surface area (TPSA) is 110 Å². The van der Waals surface area contributed by atoms with E-state index >= 15 is 0 Å². The van der Waals surface area contributed by atoms with E-state index < -0.39 is 5.54 Å². The third-order valence-electron chi connectivity index (χ3n) is 6.48. The highest BCUT2D eigenvalue weighted by Gasteiger charge is 2.31. The minimum Gasteiger partial charge on any atom is -0.493 e. The van der Waals surface area contributed by atoms with Gasteiger partial charge in [0, 0.05) is 58.8 Å². The maximum atomic E-state index is 12.9. The Kier molecular flexibility index (Phi) is 8.38. The number of fused-ring (bicyclic) bond motifs is 1. The molecule has 0 fully saturated rings. The maximum absolute atomic E-state index is 12.9. The minimum absolute atomic E-state index is 0.0623. The molecular weight excluding hydrogens is 500 g/mol. The van der Waals surface area contributed by atoms with Gasteiger partial charge in [-0.05, 0) is 67.6 Å². The fourth-order valence-corrected chi connectivity index (χ4v) is 5.35. The van der Waals surface area contributed by atoms with Crippen LogP contribution in [0.4, 0.5) is 5.69 Å². The van der Waals surface area contributed by atoms with Crippen molar-refractivity contribution in [3.63, 3.8) is 0 Å². The summed E-state index contributed by atoms with van der Waals surface area (Å²) in [5, 5.41) is 5.85. The molecule has 0 saturated heterocycles. The highest BCUT2D eigenvalue weighted by molar-refractivity contribution is 7.09. The fourth-order valence-electron chi connectivity index (χ4n) is 4.48. The lowest BCUT2D eigenvalue weighted by Gasteiger charge is -2.29. The van der Waals surface area contributed by atoms with Crippen LogP contribution in [0.15, 0.2) is 60.0 Å². The molecule has 0 aliphatic carbocycles. The van der Waals surface area contributed by atoms with E-state index in [2.05, 4.69) is 10.3 Å². The molecule has 4 aromatic rings. The largest absolute Gasteiger partial charge is 0.493 e. The van der Waals surface area contributed by atoms with Crippen molar-refractivity contribution in [1.29, 1.82) is 0 Å². The Morgan fingerprint density at radius 1 is 1.08 bits per heavy atom. The van der Waals surface area contributed by atoms with Crippen molar-refractivity contribution in [3.8, 4) is 11.5 Å². The van der Waals surface area contributed by atoms with Gasteiger partial charge in [0.2, 0.25) is 5.91 Å². The number of carbonyl (C=O) groups is 2. The Morgan fingerprint density at radius 3 is 2.58 bits per heavy atom. The molecule has 0 aliphatic heterocycles. The van der Waals surface area contributed by atoms with Crippen LogP contribution in [-0.2, 0) is 17.6 Å². The zero-order valence-electron chi connectivity index (χ0n) is 22.2. The van der Waals surface area contributed by atoms with Crippen LogP contribution in [0, 0.1) is 0 Å². The van der Waals surface area contributed by atoms with E-state index in [-0.39, 0.29) is 11.8 Å². The van der Waals surface area contributed by atoms with Crippen molar-refractivity contribution in [1.82, 2.24) is 9.88 Å². The Bertz CT molecular complexity index is 1410. The number of aromatic nitrogens is 1. The van der Waals surface area contributed by atoms with Crippen LogP contribution < -0.4 is 20.5 Å². The quantitative estimate of drug-likeness (QED) is 0.255. The standard InChI is InChI=1S/C29H34N4O4S/c1-29(30,18-23-8-6-14-38-23)28(35)33(2)13-5-7-21-16-20-15-19(9-11-24(20)31-21)27(34)32-22-10-12-25(36-3)26(17-22)37-4/h6,8-12,14-17,31H,5,7,13,18,30H2,1-4H3,(H,32,34). The zero-order chi connectivity index (χ0) is 27.3. The average molecular weight is 535 g/mol. The van der Waals surface area contributed by atoms with Crippen molar-refractivity contribution < 1.29 is 19.1 Å². The van der Waals surface area contributed by atoms with Gasteiger partial charge in [-0.2, -0.15) is 0 Å². The number of H-pyrrole nitrogens is 1. The molecule has 2 aromatic carbocycles. The summed E-state index contributed by atoms with van der Waals surface area (Å²) < 4.78 is 10.6. The van der Waals surface area contributed by atoms with E-state index in [1.165, 1.54) is 0 Å². The van der Waals surface area contributed by atoms with Crippen molar-refractivity contribution in [2.45, 2.75) is 31.7 Å². The predicted octanol–water partition coefficient (Wildman–Crippen LogP) is 4.85. The second kappa shape index (κ2) is 11.7. The second-order valence-electron chi connectivity index (χ2n) is 9.62. The van der Waals surface area contributed by atoms with Crippen LogP contribution in [0.3, 0.4) is 0 Å². The van der Waals surface area contributed by atoms with Gasteiger partial charge in [0.05, 0.1) is 19.8 Å². The van der Waals surface area contributed by atoms with E-state index in [1.807, 2.05) is 35.7 Å². The van der Waals surface area contributed by atoms with Gasteiger partial charge < -0.3 is 30.4 Å². The third-order valence-corrected chi connectivity index (χ3v) is 7.35. The number of anilines is 1. The number of rotatable bonds is 11. The summed E-state index contributed by atoms with van der Waals surface area (Å²) in [5.41, 5.74) is 8.60. The Balaban J connectivity index is 1.34. The van der Waals surface area contributed by atoms with E-state index in [9.17, 15) is 9.59 Å². The molecule has 9 heteroatoms. The number of likely N-dealkylation sites (N-methyl/N-ethyl adjacent to an activating group) is 1. The number of aryl methyl sites for hydroxylation is 1. The summed E-state index contributed by atoms with van der Waals surface area (Å²) in [6.07, 6.45) is 2.08. The van der Waals surface area contributed by atoms with Crippen molar-refractivity contribution >= 4 is 39.7 Å². The molecule has 0 aliphatic rings. The van der Waals surface area contributed by atoms with Crippen molar-refractivity contribution in [2.24, 2.45) is 5.73 Å². The number of aromatic amines is 1. The molecule has 2 amide bonds. The molecule has 0 radical (unpaired) electrons. The van der Waals surface area contributed by atoms with E-state index in [0.29, 0.717) is 35.7 Å². The van der Waals surface area contributed by atoms with Gasteiger partial charge in [0.1, 0.15) is 0 Å². The molecule has 2 aromatic heterocycles. The Labute approximate surface area is 226 Å². The lowest BCUT2D eigenvalue weighted by Crippen LogP contribution is -2.53. The first-order valence-corrected chi connectivity index (χ1v) is 13.3. The number of hydrogen-bond acceptors (Lipinski definition) is 6. The second-order valence-corrected chi connectivity index (χ2v) is 10.7. The molecule has 1 unspecified atom stereocenters. The minimum atomic E-state index is -0.936. The number of amides is 2. The smallest absolute Gasteiger partial charge is 0.255 e. The summed E-state index contributed by atoms with van der Waals surface area (Å²) in [6.45, 7) is 2.40. The number of nitrogens with two attached hydrogens (primary N) is 1. The monoisotopic (exact) mass is 534 g/mol. The number of carbonyl (C=O) groups excluding carboxylic acids is 2. The van der Waals surface area contributed by atoms with Gasteiger partial charge in [-0.15, -0.1) is 11.3 Å². The lowest BCUT2D eigenvalue weighted by molar-refractivity contribution is -0.135. The summed E-state index contributed by atoms with van der Waals surface area (Å²) in [5.74, 6) is 0.863. The van der Waals surface area contributed by atoms with Gasteiger partial charge in [0.25, 0.3) is 5.91 Å². The van der Waals surface area contributed by atoms with Gasteiger partial charge in [-0.1, -0.05) is 6.07 Å². The Hall–Kier alpha value is -3.82. The van der Waals surface area contributed by atoms with Gasteiger partial charge in [-0.3, -0.25) is 9.59 Å². The molecule has 4 rings (SSSR count). The number of hydrogen-bond donors (Lipinski definition) is 3. The normalized spacial score (nSPS) is 12.7. The fraction of sp³-hybridized carbons (Fsp3) is 0.310. The molecular formula is C29H34N4O4S. The average Bonchev–Trinajstić information content (AvgIpc) is 3.56. The highest BCUT2D eigenvalue weighted by Crippen LogP contribution is 2.30. The van der Waals surface area contributed by atoms with Gasteiger partial charge >= 0.3 is 0 Å². The van der Waals surface area contributed by atoms with Gasteiger partial charge in [0.15, 0.2) is 11.5 Å². The first-order valence-electron chi connectivity index (χ1n) is 12.4. The molecule has 38 heavy (non-hydrogen) atoms. The molecule has 4 N–H and O–H groups in total. The molecule has 8 nitrogen and oxygen atoms in total. The van der Waals surface area contributed by atoms with Crippen LogP contribution in [0.1, 0.15) is 34.3 Å². The summed E-state index contributed by atoms with van der Waals surface area (Å²) in [4.78, 5) is 32.0. The summed E-state index contributed by atoms with van der Waals surface area (Å²) >= 11 is 1.61. The van der Waals surface area contributed by atoms with E-state index in [1.54, 1.807) is 68.7 Å². The van der Waals surface area contributed by atoms with Crippen LogP contribution in [-0.4, -0.2) is 55.0 Å². The molecule has 0 spiro atoms. The molecule has 2 heterocycles. The highest BCUT2D eigenvalue weighted by atomic mass is 32.1. The maximum Gasteiger partial charge on any atom is 0.255 e. The number of nitrogens with one attached hydrogen (secondary N) is 2. The van der Waals surface area contributed by atoms with Gasteiger partial charge in [-0.25, -0.2) is 0 Å².